The molecule has 0 bridgehead atoms. The molecule has 2 N–H and O–H groups in total. The summed E-state index contributed by atoms with van der Waals surface area (Å²) in [6, 6.07) is 17.8. The van der Waals surface area contributed by atoms with Crippen molar-refractivity contribution in [2.24, 2.45) is 0 Å². The van der Waals surface area contributed by atoms with E-state index in [0.29, 0.717) is 22.7 Å². The third-order valence-electron chi connectivity index (χ3n) is 3.73. The van der Waals surface area contributed by atoms with Gasteiger partial charge in [0.1, 0.15) is 5.75 Å². The maximum absolute atomic E-state index is 12.6. The monoisotopic (exact) mass is 378 g/mol. The van der Waals surface area contributed by atoms with E-state index in [9.17, 15) is 9.59 Å². The first-order valence-electron chi connectivity index (χ1n) is 8.23. The molecule has 0 saturated heterocycles. The molecular weight excluding hydrogens is 360 g/mol. The number of nitrogens with one attached hydrogen (secondary N) is 2. The highest BCUT2D eigenvalue weighted by molar-refractivity contribution is 7.10. The number of amides is 2. The van der Waals surface area contributed by atoms with Crippen molar-refractivity contribution >= 4 is 40.6 Å². The highest BCUT2D eigenvalue weighted by atomic mass is 32.1. The summed E-state index contributed by atoms with van der Waals surface area (Å²) in [4.78, 5) is 25.8. The molecule has 1 aromatic heterocycles. The molecule has 0 unspecified atom stereocenters. The van der Waals surface area contributed by atoms with E-state index in [1.165, 1.54) is 13.2 Å². The maximum Gasteiger partial charge on any atom is 0.259 e. The zero-order valence-corrected chi connectivity index (χ0v) is 15.5. The molecule has 1 heterocycles. The minimum absolute atomic E-state index is 0.276. The van der Waals surface area contributed by atoms with Gasteiger partial charge < -0.3 is 15.4 Å². The Kier molecular flexibility index (Phi) is 6.02. The Labute approximate surface area is 161 Å². The number of carbonyl (C=O) groups excluding carboxylic acids is 2. The normalized spacial score (nSPS) is 10.6. The Morgan fingerprint density at radius 1 is 0.926 bits per heavy atom. The minimum Gasteiger partial charge on any atom is -0.496 e. The second-order valence-electron chi connectivity index (χ2n) is 5.54. The Morgan fingerprint density at radius 3 is 2.33 bits per heavy atom. The fraction of sp³-hybridized carbons (Fsp3) is 0.0476. The molecule has 136 valence electrons. The van der Waals surface area contributed by atoms with Crippen LogP contribution >= 0.6 is 11.3 Å². The summed E-state index contributed by atoms with van der Waals surface area (Å²) < 4.78 is 5.23. The molecule has 0 atom stereocenters. The van der Waals surface area contributed by atoms with Gasteiger partial charge in [0, 0.05) is 11.0 Å². The van der Waals surface area contributed by atoms with E-state index in [1.807, 2.05) is 17.5 Å². The number of thiophene rings is 1. The number of methoxy groups -OCH3 is 1. The van der Waals surface area contributed by atoms with Crippen LogP contribution in [-0.4, -0.2) is 18.9 Å². The largest absolute Gasteiger partial charge is 0.496 e. The van der Waals surface area contributed by atoms with Gasteiger partial charge in [-0.1, -0.05) is 30.3 Å². The van der Waals surface area contributed by atoms with Crippen LogP contribution in [-0.2, 0) is 4.79 Å². The van der Waals surface area contributed by atoms with E-state index in [-0.39, 0.29) is 11.8 Å². The highest BCUT2D eigenvalue weighted by Gasteiger charge is 2.13. The Morgan fingerprint density at radius 2 is 1.63 bits per heavy atom. The van der Waals surface area contributed by atoms with E-state index in [4.69, 9.17) is 4.74 Å². The Bertz CT molecular complexity index is 965. The Hall–Kier alpha value is -3.38. The summed E-state index contributed by atoms with van der Waals surface area (Å²) in [5, 5.41) is 7.56. The van der Waals surface area contributed by atoms with Crippen LogP contribution in [0.2, 0.25) is 0 Å². The van der Waals surface area contributed by atoms with Crippen LogP contribution < -0.4 is 15.4 Å². The molecule has 27 heavy (non-hydrogen) atoms. The summed E-state index contributed by atoms with van der Waals surface area (Å²) in [6.07, 6.45) is 3.21. The van der Waals surface area contributed by atoms with Crippen LogP contribution in [0.4, 0.5) is 11.4 Å². The smallest absolute Gasteiger partial charge is 0.259 e. The van der Waals surface area contributed by atoms with Gasteiger partial charge in [-0.05, 0) is 41.8 Å². The molecule has 0 saturated carbocycles. The number of para-hydroxylation sites is 3. The van der Waals surface area contributed by atoms with E-state index < -0.39 is 0 Å². The third-order valence-corrected chi connectivity index (χ3v) is 4.56. The number of hydrogen-bond donors (Lipinski definition) is 2. The van der Waals surface area contributed by atoms with Crippen molar-refractivity contribution in [2.75, 3.05) is 17.7 Å². The van der Waals surface area contributed by atoms with E-state index >= 15 is 0 Å². The molecule has 3 rings (SSSR count). The number of benzene rings is 2. The van der Waals surface area contributed by atoms with Gasteiger partial charge in [-0.25, -0.2) is 0 Å². The van der Waals surface area contributed by atoms with E-state index in [1.54, 1.807) is 65.9 Å². The van der Waals surface area contributed by atoms with Crippen molar-refractivity contribution in [1.82, 2.24) is 0 Å². The van der Waals surface area contributed by atoms with Crippen molar-refractivity contribution < 1.29 is 14.3 Å². The standard InChI is InChI=1S/C21H18N2O3S/c1-26-19-11-5-2-8-16(19)21(25)23-18-10-4-3-9-17(18)22-20(24)13-12-15-7-6-14-27-15/h2-14H,1H3,(H,22,24)(H,23,25). The quantitative estimate of drug-likeness (QED) is 0.613. The van der Waals surface area contributed by atoms with Crippen molar-refractivity contribution in [3.63, 3.8) is 0 Å². The van der Waals surface area contributed by atoms with Crippen molar-refractivity contribution in [2.45, 2.75) is 0 Å². The van der Waals surface area contributed by atoms with Crippen LogP contribution in [0.15, 0.2) is 72.1 Å². The number of ether oxygens (including phenoxy) is 1. The number of hydrogen-bond acceptors (Lipinski definition) is 4. The average molecular weight is 378 g/mol. The lowest BCUT2D eigenvalue weighted by molar-refractivity contribution is -0.111. The maximum atomic E-state index is 12.6. The molecule has 2 amide bonds. The van der Waals surface area contributed by atoms with Crippen LogP contribution in [0.5, 0.6) is 5.75 Å². The van der Waals surface area contributed by atoms with E-state index in [0.717, 1.165) is 4.88 Å². The third kappa shape index (κ3) is 4.83. The van der Waals surface area contributed by atoms with Gasteiger partial charge in [-0.15, -0.1) is 11.3 Å². The van der Waals surface area contributed by atoms with Gasteiger partial charge in [0.15, 0.2) is 0 Å². The molecule has 0 radical (unpaired) electrons. The molecule has 5 nitrogen and oxygen atoms in total. The lowest BCUT2D eigenvalue weighted by Gasteiger charge is -2.13. The molecule has 0 spiro atoms. The van der Waals surface area contributed by atoms with E-state index in [2.05, 4.69) is 10.6 Å². The van der Waals surface area contributed by atoms with Gasteiger partial charge in [0.2, 0.25) is 5.91 Å². The summed E-state index contributed by atoms with van der Waals surface area (Å²) in [6.45, 7) is 0. The first-order chi connectivity index (χ1) is 13.2. The summed E-state index contributed by atoms with van der Waals surface area (Å²) in [7, 11) is 1.51. The zero-order chi connectivity index (χ0) is 19.1. The summed E-state index contributed by atoms with van der Waals surface area (Å²) >= 11 is 1.55. The predicted molar refractivity (Wildman–Crippen MR) is 109 cm³/mol. The predicted octanol–water partition coefficient (Wildman–Crippen LogP) is 4.66. The van der Waals surface area contributed by atoms with Crippen molar-refractivity contribution in [3.8, 4) is 5.75 Å². The van der Waals surface area contributed by atoms with Gasteiger partial charge in [-0.3, -0.25) is 9.59 Å². The summed E-state index contributed by atoms with van der Waals surface area (Å²) in [5.74, 6) is -0.110. The van der Waals surface area contributed by atoms with Crippen molar-refractivity contribution in [3.05, 3.63) is 82.6 Å². The van der Waals surface area contributed by atoms with Crippen LogP contribution in [0.3, 0.4) is 0 Å². The molecule has 0 fully saturated rings. The molecule has 2 aromatic carbocycles. The molecule has 0 aliphatic rings. The van der Waals surface area contributed by atoms with Gasteiger partial charge in [0.25, 0.3) is 5.91 Å². The lowest BCUT2D eigenvalue weighted by Crippen LogP contribution is -2.16. The summed E-state index contributed by atoms with van der Waals surface area (Å²) in [5.41, 5.74) is 1.44. The molecule has 3 aromatic rings. The SMILES string of the molecule is COc1ccccc1C(=O)Nc1ccccc1NC(=O)C=Cc1cccs1. The molecule has 6 heteroatoms. The van der Waals surface area contributed by atoms with Crippen LogP contribution in [0, 0.1) is 0 Å². The minimum atomic E-state index is -0.316. The second-order valence-corrected chi connectivity index (χ2v) is 6.52. The van der Waals surface area contributed by atoms with Gasteiger partial charge in [-0.2, -0.15) is 0 Å². The van der Waals surface area contributed by atoms with Gasteiger partial charge in [0.05, 0.1) is 24.0 Å². The molecular formula is C21H18N2O3S. The first-order valence-corrected chi connectivity index (χ1v) is 9.11. The van der Waals surface area contributed by atoms with Crippen LogP contribution in [0.25, 0.3) is 6.08 Å². The first kappa shape index (κ1) is 18.4. The number of rotatable bonds is 6. The van der Waals surface area contributed by atoms with Gasteiger partial charge >= 0.3 is 0 Å². The molecule has 0 aliphatic carbocycles. The lowest BCUT2D eigenvalue weighted by atomic mass is 10.1. The fourth-order valence-corrected chi connectivity index (χ4v) is 3.06. The van der Waals surface area contributed by atoms with Crippen LogP contribution in [0.1, 0.15) is 15.2 Å². The second kappa shape index (κ2) is 8.82. The fourth-order valence-electron chi connectivity index (χ4n) is 2.44. The zero-order valence-electron chi connectivity index (χ0n) is 14.6. The number of carbonyl (C=O) groups is 2. The van der Waals surface area contributed by atoms with Crippen molar-refractivity contribution in [1.29, 1.82) is 0 Å². The average Bonchev–Trinajstić information content (AvgIpc) is 3.21. The topological polar surface area (TPSA) is 67.4 Å². The number of anilines is 2. The Balaban J connectivity index is 1.74. The molecule has 0 aliphatic heterocycles. The highest BCUT2D eigenvalue weighted by Crippen LogP contribution is 2.24.